The maximum Gasteiger partial charge on any atom is 0.325 e. The van der Waals surface area contributed by atoms with Gasteiger partial charge in [0.15, 0.2) is 0 Å². The molecule has 1 aliphatic carbocycles. The first-order valence-electron chi connectivity index (χ1n) is 9.48. The van der Waals surface area contributed by atoms with Crippen molar-refractivity contribution < 1.29 is 19.1 Å². The Kier molecular flexibility index (Phi) is 5.68. The molecule has 146 valence electrons. The van der Waals surface area contributed by atoms with E-state index in [1.54, 1.807) is 14.0 Å². The van der Waals surface area contributed by atoms with Crippen LogP contribution in [0, 0.1) is 5.92 Å². The predicted molar refractivity (Wildman–Crippen MR) is 100 cm³/mol. The molecule has 4 amide bonds. The molecule has 0 unspecified atom stereocenters. The van der Waals surface area contributed by atoms with Gasteiger partial charge in [-0.05, 0) is 31.7 Å². The van der Waals surface area contributed by atoms with E-state index in [0.29, 0.717) is 5.75 Å². The third-order valence-corrected chi connectivity index (χ3v) is 5.69. The maximum absolute atomic E-state index is 12.9. The number of hydrogen-bond donors (Lipinski definition) is 2. The highest BCUT2D eigenvalue weighted by molar-refractivity contribution is 6.09. The van der Waals surface area contributed by atoms with E-state index in [-0.39, 0.29) is 30.8 Å². The minimum absolute atomic E-state index is 0.129. The summed E-state index contributed by atoms with van der Waals surface area (Å²) in [4.78, 5) is 38.6. The average molecular weight is 373 g/mol. The molecular formula is C20H27N3O4. The second-order valence-corrected chi connectivity index (χ2v) is 7.45. The van der Waals surface area contributed by atoms with Gasteiger partial charge in [-0.3, -0.25) is 14.5 Å². The molecule has 1 atom stereocenters. The fourth-order valence-corrected chi connectivity index (χ4v) is 4.06. The zero-order valence-corrected chi connectivity index (χ0v) is 15.9. The number of nitrogens with zero attached hydrogens (tertiary/aromatic N) is 1. The Labute approximate surface area is 159 Å². The van der Waals surface area contributed by atoms with Crippen molar-refractivity contribution in [2.45, 2.75) is 51.1 Å². The summed E-state index contributed by atoms with van der Waals surface area (Å²) in [5.41, 5.74) is -0.0712. The van der Waals surface area contributed by atoms with Crippen LogP contribution in [-0.4, -0.2) is 41.9 Å². The van der Waals surface area contributed by atoms with E-state index in [0.717, 1.165) is 36.1 Å². The normalized spacial score (nSPS) is 23.3. The standard InChI is InChI=1S/C20H27N3O4/c1-20(15-9-4-3-5-10-15)18(25)23(19(26)22-20)13-17(24)21-12-14-8-6-7-11-16(14)27-2/h6-8,11,15H,3-5,9-10,12-13H2,1-2H3,(H,21,24)(H,22,26)/t20-/m0/s1. The Morgan fingerprint density at radius 3 is 2.67 bits per heavy atom. The first-order chi connectivity index (χ1) is 13.0. The molecule has 1 heterocycles. The van der Waals surface area contributed by atoms with Crippen molar-refractivity contribution in [2.75, 3.05) is 13.7 Å². The van der Waals surface area contributed by atoms with Crippen LogP contribution in [0.5, 0.6) is 5.75 Å². The number of amides is 4. The van der Waals surface area contributed by atoms with E-state index in [1.807, 2.05) is 24.3 Å². The van der Waals surface area contributed by atoms with Crippen LogP contribution in [0.3, 0.4) is 0 Å². The molecule has 1 aromatic carbocycles. The third kappa shape index (κ3) is 3.91. The lowest BCUT2D eigenvalue weighted by molar-refractivity contribution is -0.136. The second kappa shape index (κ2) is 7.98. The summed E-state index contributed by atoms with van der Waals surface area (Å²) < 4.78 is 5.26. The predicted octanol–water partition coefficient (Wildman–Crippen LogP) is 2.20. The Balaban J connectivity index is 1.60. The zero-order chi connectivity index (χ0) is 19.4. The Hall–Kier alpha value is -2.57. The third-order valence-electron chi connectivity index (χ3n) is 5.69. The topological polar surface area (TPSA) is 87.7 Å². The van der Waals surface area contributed by atoms with E-state index in [4.69, 9.17) is 4.74 Å². The quantitative estimate of drug-likeness (QED) is 0.749. The minimum atomic E-state index is -0.902. The van der Waals surface area contributed by atoms with Crippen molar-refractivity contribution >= 4 is 17.8 Å². The molecule has 0 spiro atoms. The highest BCUT2D eigenvalue weighted by Crippen LogP contribution is 2.36. The second-order valence-electron chi connectivity index (χ2n) is 7.45. The van der Waals surface area contributed by atoms with Gasteiger partial charge in [0.05, 0.1) is 7.11 Å². The van der Waals surface area contributed by atoms with Crippen LogP contribution in [-0.2, 0) is 16.1 Å². The van der Waals surface area contributed by atoms with Gasteiger partial charge in [0.1, 0.15) is 17.8 Å². The van der Waals surface area contributed by atoms with Crippen molar-refractivity contribution in [1.82, 2.24) is 15.5 Å². The molecular weight excluding hydrogens is 346 g/mol. The summed E-state index contributed by atoms with van der Waals surface area (Å²) in [6.07, 6.45) is 5.17. The number of benzene rings is 1. The van der Waals surface area contributed by atoms with E-state index < -0.39 is 11.6 Å². The number of para-hydroxylation sites is 1. The van der Waals surface area contributed by atoms with Crippen LogP contribution >= 0.6 is 0 Å². The van der Waals surface area contributed by atoms with Gasteiger partial charge < -0.3 is 15.4 Å². The first-order valence-corrected chi connectivity index (χ1v) is 9.48. The fourth-order valence-electron chi connectivity index (χ4n) is 4.06. The Morgan fingerprint density at radius 2 is 1.96 bits per heavy atom. The molecule has 1 saturated carbocycles. The summed E-state index contributed by atoms with van der Waals surface area (Å²) >= 11 is 0. The van der Waals surface area contributed by atoms with Crippen LogP contribution < -0.4 is 15.4 Å². The van der Waals surface area contributed by atoms with Gasteiger partial charge in [0, 0.05) is 12.1 Å². The van der Waals surface area contributed by atoms with E-state index in [1.165, 1.54) is 6.42 Å². The van der Waals surface area contributed by atoms with Crippen LogP contribution in [0.2, 0.25) is 0 Å². The summed E-state index contributed by atoms with van der Waals surface area (Å²) in [6, 6.07) is 6.89. The van der Waals surface area contributed by atoms with Crippen molar-refractivity contribution in [1.29, 1.82) is 0 Å². The molecule has 2 N–H and O–H groups in total. The molecule has 1 saturated heterocycles. The van der Waals surface area contributed by atoms with E-state index in [9.17, 15) is 14.4 Å². The van der Waals surface area contributed by atoms with Gasteiger partial charge in [-0.2, -0.15) is 0 Å². The van der Waals surface area contributed by atoms with Crippen LogP contribution in [0.4, 0.5) is 4.79 Å². The molecule has 2 aliphatic rings. The van der Waals surface area contributed by atoms with Crippen molar-refractivity contribution in [3.63, 3.8) is 0 Å². The monoisotopic (exact) mass is 373 g/mol. The van der Waals surface area contributed by atoms with Crippen molar-refractivity contribution in [2.24, 2.45) is 5.92 Å². The molecule has 0 aromatic heterocycles. The van der Waals surface area contributed by atoms with E-state index in [2.05, 4.69) is 10.6 Å². The van der Waals surface area contributed by atoms with Crippen molar-refractivity contribution in [3.05, 3.63) is 29.8 Å². The highest BCUT2D eigenvalue weighted by atomic mass is 16.5. The minimum Gasteiger partial charge on any atom is -0.496 e. The number of imide groups is 1. The fraction of sp³-hybridized carbons (Fsp3) is 0.550. The molecule has 0 radical (unpaired) electrons. The van der Waals surface area contributed by atoms with Gasteiger partial charge in [0.25, 0.3) is 5.91 Å². The number of methoxy groups -OCH3 is 1. The van der Waals surface area contributed by atoms with Crippen LogP contribution in [0.15, 0.2) is 24.3 Å². The van der Waals surface area contributed by atoms with Crippen LogP contribution in [0.1, 0.15) is 44.6 Å². The Morgan fingerprint density at radius 1 is 1.26 bits per heavy atom. The number of nitrogens with one attached hydrogen (secondary N) is 2. The number of hydrogen-bond acceptors (Lipinski definition) is 4. The largest absolute Gasteiger partial charge is 0.496 e. The number of ether oxygens (including phenoxy) is 1. The molecule has 7 heteroatoms. The molecule has 1 aromatic rings. The van der Waals surface area contributed by atoms with Gasteiger partial charge >= 0.3 is 6.03 Å². The lowest BCUT2D eigenvalue weighted by Gasteiger charge is -2.34. The smallest absolute Gasteiger partial charge is 0.325 e. The van der Waals surface area contributed by atoms with Gasteiger partial charge in [-0.15, -0.1) is 0 Å². The van der Waals surface area contributed by atoms with Crippen molar-refractivity contribution in [3.8, 4) is 5.75 Å². The average Bonchev–Trinajstić information content (AvgIpc) is 2.91. The van der Waals surface area contributed by atoms with Gasteiger partial charge in [-0.25, -0.2) is 4.79 Å². The molecule has 27 heavy (non-hydrogen) atoms. The highest BCUT2D eigenvalue weighted by Gasteiger charge is 2.52. The summed E-state index contributed by atoms with van der Waals surface area (Å²) in [7, 11) is 1.57. The molecule has 1 aliphatic heterocycles. The summed E-state index contributed by atoms with van der Waals surface area (Å²) in [6.45, 7) is 1.78. The van der Waals surface area contributed by atoms with Gasteiger partial charge in [0.2, 0.25) is 5.91 Å². The number of urea groups is 1. The number of carbonyl (C=O) groups excluding carboxylic acids is 3. The first kappa shape index (κ1) is 19.2. The molecule has 3 rings (SSSR count). The molecule has 0 bridgehead atoms. The lowest BCUT2D eigenvalue weighted by Crippen LogP contribution is -2.51. The lowest BCUT2D eigenvalue weighted by atomic mass is 9.75. The van der Waals surface area contributed by atoms with Gasteiger partial charge in [-0.1, -0.05) is 37.5 Å². The zero-order valence-electron chi connectivity index (χ0n) is 15.9. The number of rotatable bonds is 6. The molecule has 7 nitrogen and oxygen atoms in total. The van der Waals surface area contributed by atoms with Crippen LogP contribution in [0.25, 0.3) is 0 Å². The van der Waals surface area contributed by atoms with E-state index >= 15 is 0 Å². The molecule has 2 fully saturated rings. The maximum atomic E-state index is 12.9. The SMILES string of the molecule is COc1ccccc1CNC(=O)CN1C(=O)N[C@@](C)(C2CCCCC2)C1=O. The number of carbonyl (C=O) groups is 3. The summed E-state index contributed by atoms with van der Waals surface area (Å²) in [5.74, 6) is 0.131. The Bertz CT molecular complexity index is 730. The summed E-state index contributed by atoms with van der Waals surface area (Å²) in [5, 5.41) is 5.59.